The molecular weight excluding hydrogens is 245 g/mol. The Labute approximate surface area is 111 Å². The van der Waals surface area contributed by atoms with Crippen molar-refractivity contribution in [1.82, 2.24) is 0 Å². The van der Waals surface area contributed by atoms with Gasteiger partial charge < -0.3 is 15.2 Å². The standard InChI is InChI=1S/C15H16FNO2/c1-10(17)11-6-5-7-12(16)15(11)19-14-9-4-3-8-13(14)18-2/h3-10H,17H2,1-2H3. The predicted octanol–water partition coefficient (Wildman–Crippen LogP) is 3.65. The van der Waals surface area contributed by atoms with Crippen LogP contribution in [0.15, 0.2) is 42.5 Å². The number of para-hydroxylation sites is 3. The molecule has 0 aliphatic heterocycles. The second-order valence-corrected chi connectivity index (χ2v) is 4.20. The Bertz CT molecular complexity index is 570. The largest absolute Gasteiger partial charge is 0.493 e. The van der Waals surface area contributed by atoms with E-state index in [1.807, 2.05) is 6.07 Å². The second kappa shape index (κ2) is 5.71. The van der Waals surface area contributed by atoms with Gasteiger partial charge in [-0.3, -0.25) is 0 Å². The summed E-state index contributed by atoms with van der Waals surface area (Å²) in [5.41, 5.74) is 6.45. The third kappa shape index (κ3) is 2.85. The summed E-state index contributed by atoms with van der Waals surface area (Å²) >= 11 is 0. The molecule has 2 aromatic rings. The van der Waals surface area contributed by atoms with Crippen LogP contribution in [0.5, 0.6) is 17.2 Å². The highest BCUT2D eigenvalue weighted by molar-refractivity contribution is 5.46. The molecule has 0 aliphatic rings. The molecular formula is C15H16FNO2. The van der Waals surface area contributed by atoms with Gasteiger partial charge >= 0.3 is 0 Å². The van der Waals surface area contributed by atoms with Crippen molar-refractivity contribution >= 4 is 0 Å². The fourth-order valence-electron chi connectivity index (χ4n) is 1.80. The van der Waals surface area contributed by atoms with E-state index in [2.05, 4.69) is 0 Å². The molecule has 1 unspecified atom stereocenters. The number of halogens is 1. The van der Waals surface area contributed by atoms with Gasteiger partial charge in [-0.15, -0.1) is 0 Å². The fraction of sp³-hybridized carbons (Fsp3) is 0.200. The van der Waals surface area contributed by atoms with Crippen molar-refractivity contribution in [3.8, 4) is 17.2 Å². The van der Waals surface area contributed by atoms with Gasteiger partial charge in [0.05, 0.1) is 7.11 Å². The molecule has 4 heteroatoms. The van der Waals surface area contributed by atoms with Gasteiger partial charge in [0.15, 0.2) is 23.1 Å². The Morgan fingerprint density at radius 2 is 1.74 bits per heavy atom. The van der Waals surface area contributed by atoms with E-state index >= 15 is 0 Å². The molecule has 3 nitrogen and oxygen atoms in total. The first-order valence-corrected chi connectivity index (χ1v) is 5.98. The summed E-state index contributed by atoms with van der Waals surface area (Å²) in [6.45, 7) is 1.78. The third-order valence-electron chi connectivity index (χ3n) is 2.77. The summed E-state index contributed by atoms with van der Waals surface area (Å²) < 4.78 is 24.7. The van der Waals surface area contributed by atoms with E-state index in [1.54, 1.807) is 37.3 Å². The van der Waals surface area contributed by atoms with E-state index in [-0.39, 0.29) is 11.8 Å². The van der Waals surface area contributed by atoms with Gasteiger partial charge in [0.25, 0.3) is 0 Å². The van der Waals surface area contributed by atoms with Gasteiger partial charge in [0.1, 0.15) is 0 Å². The van der Waals surface area contributed by atoms with E-state index in [0.29, 0.717) is 17.1 Å². The summed E-state index contributed by atoms with van der Waals surface area (Å²) in [5.74, 6) is 0.695. The quantitative estimate of drug-likeness (QED) is 0.913. The highest BCUT2D eigenvalue weighted by atomic mass is 19.1. The topological polar surface area (TPSA) is 44.5 Å². The van der Waals surface area contributed by atoms with E-state index in [9.17, 15) is 4.39 Å². The van der Waals surface area contributed by atoms with Crippen LogP contribution in [0.1, 0.15) is 18.5 Å². The summed E-state index contributed by atoms with van der Waals surface area (Å²) in [6, 6.07) is 11.5. The number of benzene rings is 2. The zero-order valence-corrected chi connectivity index (χ0v) is 10.9. The zero-order valence-electron chi connectivity index (χ0n) is 10.9. The number of ether oxygens (including phenoxy) is 2. The molecule has 0 bridgehead atoms. The number of methoxy groups -OCH3 is 1. The predicted molar refractivity (Wildman–Crippen MR) is 72.1 cm³/mol. The SMILES string of the molecule is COc1ccccc1Oc1c(F)cccc1C(C)N. The zero-order chi connectivity index (χ0) is 13.8. The molecule has 0 amide bonds. The van der Waals surface area contributed by atoms with Gasteiger partial charge in [0.2, 0.25) is 0 Å². The lowest BCUT2D eigenvalue weighted by Crippen LogP contribution is -2.07. The number of rotatable bonds is 4. The molecule has 0 fully saturated rings. The second-order valence-electron chi connectivity index (χ2n) is 4.20. The lowest BCUT2D eigenvalue weighted by molar-refractivity contribution is 0.368. The van der Waals surface area contributed by atoms with Crippen molar-refractivity contribution in [3.63, 3.8) is 0 Å². The summed E-state index contributed by atoms with van der Waals surface area (Å²) in [5, 5.41) is 0. The first kappa shape index (κ1) is 13.4. The molecule has 100 valence electrons. The third-order valence-corrected chi connectivity index (χ3v) is 2.77. The first-order chi connectivity index (χ1) is 9.13. The molecule has 0 aliphatic carbocycles. The summed E-state index contributed by atoms with van der Waals surface area (Å²) in [7, 11) is 1.54. The molecule has 0 aromatic heterocycles. The summed E-state index contributed by atoms with van der Waals surface area (Å²) in [4.78, 5) is 0. The molecule has 2 rings (SSSR count). The van der Waals surface area contributed by atoms with Crippen molar-refractivity contribution < 1.29 is 13.9 Å². The van der Waals surface area contributed by atoms with Crippen LogP contribution in [0.2, 0.25) is 0 Å². The normalized spacial score (nSPS) is 12.0. The number of hydrogen-bond acceptors (Lipinski definition) is 3. The van der Waals surface area contributed by atoms with Gasteiger partial charge in [-0.25, -0.2) is 4.39 Å². The van der Waals surface area contributed by atoms with Crippen LogP contribution in [0.3, 0.4) is 0 Å². The molecule has 0 radical (unpaired) electrons. The minimum Gasteiger partial charge on any atom is -0.493 e. The molecule has 0 spiro atoms. The maximum atomic E-state index is 13.9. The van der Waals surface area contributed by atoms with Gasteiger partial charge in [-0.1, -0.05) is 24.3 Å². The molecule has 0 heterocycles. The summed E-state index contributed by atoms with van der Waals surface area (Å²) in [6.07, 6.45) is 0. The van der Waals surface area contributed by atoms with Crippen LogP contribution >= 0.6 is 0 Å². The van der Waals surface area contributed by atoms with Crippen molar-refractivity contribution in [2.24, 2.45) is 5.73 Å². The van der Waals surface area contributed by atoms with Gasteiger partial charge in [-0.2, -0.15) is 0 Å². The lowest BCUT2D eigenvalue weighted by Gasteiger charge is -2.15. The van der Waals surface area contributed by atoms with E-state index in [0.717, 1.165) is 0 Å². The van der Waals surface area contributed by atoms with Crippen molar-refractivity contribution in [1.29, 1.82) is 0 Å². The average molecular weight is 261 g/mol. The van der Waals surface area contributed by atoms with Crippen molar-refractivity contribution in [2.75, 3.05) is 7.11 Å². The van der Waals surface area contributed by atoms with Crippen LogP contribution in [0, 0.1) is 5.82 Å². The van der Waals surface area contributed by atoms with Crippen LogP contribution < -0.4 is 15.2 Å². The Kier molecular flexibility index (Phi) is 4.02. The highest BCUT2D eigenvalue weighted by Crippen LogP contribution is 2.35. The minimum atomic E-state index is -0.444. The Morgan fingerprint density at radius 1 is 1.05 bits per heavy atom. The Balaban J connectivity index is 2.43. The van der Waals surface area contributed by atoms with Crippen LogP contribution in [0.4, 0.5) is 4.39 Å². The maximum absolute atomic E-state index is 13.9. The lowest BCUT2D eigenvalue weighted by atomic mass is 10.1. The maximum Gasteiger partial charge on any atom is 0.169 e. The minimum absolute atomic E-state index is 0.141. The van der Waals surface area contributed by atoms with Gasteiger partial charge in [-0.05, 0) is 25.1 Å². The van der Waals surface area contributed by atoms with Crippen molar-refractivity contribution in [2.45, 2.75) is 13.0 Å². The number of hydrogen-bond donors (Lipinski definition) is 1. The molecule has 19 heavy (non-hydrogen) atoms. The fourth-order valence-corrected chi connectivity index (χ4v) is 1.80. The molecule has 2 N–H and O–H groups in total. The molecule has 0 saturated carbocycles. The van der Waals surface area contributed by atoms with E-state index < -0.39 is 5.82 Å². The van der Waals surface area contributed by atoms with Crippen LogP contribution in [-0.4, -0.2) is 7.11 Å². The average Bonchev–Trinajstić information content (AvgIpc) is 2.41. The Hall–Kier alpha value is -2.07. The smallest absolute Gasteiger partial charge is 0.169 e. The highest BCUT2D eigenvalue weighted by Gasteiger charge is 2.15. The first-order valence-electron chi connectivity index (χ1n) is 5.98. The molecule has 0 saturated heterocycles. The molecule has 2 aromatic carbocycles. The van der Waals surface area contributed by atoms with E-state index in [1.165, 1.54) is 13.2 Å². The molecule has 1 atom stereocenters. The van der Waals surface area contributed by atoms with Crippen LogP contribution in [-0.2, 0) is 0 Å². The van der Waals surface area contributed by atoms with Crippen molar-refractivity contribution in [3.05, 3.63) is 53.8 Å². The number of nitrogens with two attached hydrogens (primary N) is 1. The Morgan fingerprint density at radius 3 is 2.37 bits per heavy atom. The monoisotopic (exact) mass is 261 g/mol. The van der Waals surface area contributed by atoms with Crippen LogP contribution in [0.25, 0.3) is 0 Å². The van der Waals surface area contributed by atoms with E-state index in [4.69, 9.17) is 15.2 Å². The van der Waals surface area contributed by atoms with Gasteiger partial charge in [0, 0.05) is 11.6 Å².